The Balaban J connectivity index is 2.05. The van der Waals surface area contributed by atoms with Gasteiger partial charge in [0.1, 0.15) is 18.0 Å². The maximum absolute atomic E-state index is 11.5. The maximum Gasteiger partial charge on any atom is 0.156 e. The van der Waals surface area contributed by atoms with Gasteiger partial charge < -0.3 is 15.0 Å². The number of ether oxygens (including phenoxy) is 1. The van der Waals surface area contributed by atoms with E-state index < -0.39 is 0 Å². The summed E-state index contributed by atoms with van der Waals surface area (Å²) >= 11 is 0. The first-order valence-electron chi connectivity index (χ1n) is 6.53. The molecule has 5 nitrogen and oxygen atoms in total. The van der Waals surface area contributed by atoms with Gasteiger partial charge in [0.2, 0.25) is 0 Å². The van der Waals surface area contributed by atoms with Crippen LogP contribution in [0.25, 0.3) is 0 Å². The minimum atomic E-state index is 0.199. The second kappa shape index (κ2) is 6.89. The smallest absolute Gasteiger partial charge is 0.156 e. The molecule has 2 rings (SSSR count). The summed E-state index contributed by atoms with van der Waals surface area (Å²) < 4.78 is 5.74. The molecule has 0 saturated carbocycles. The van der Waals surface area contributed by atoms with Crippen molar-refractivity contribution in [1.82, 2.24) is 10.3 Å². The van der Waals surface area contributed by atoms with Crippen LogP contribution in [0.2, 0.25) is 0 Å². The zero-order chi connectivity index (χ0) is 13.5. The zero-order valence-corrected chi connectivity index (χ0v) is 11.1. The fraction of sp³-hybridized carbons (Fsp3) is 0.429. The minimum Gasteiger partial charge on any atom is -0.490 e. The van der Waals surface area contributed by atoms with Crippen LogP contribution in [-0.4, -0.2) is 37.0 Å². The van der Waals surface area contributed by atoms with E-state index in [1.807, 2.05) is 23.2 Å². The van der Waals surface area contributed by atoms with Gasteiger partial charge in [0.25, 0.3) is 0 Å². The average molecular weight is 261 g/mol. The van der Waals surface area contributed by atoms with Crippen LogP contribution in [-0.2, 0) is 4.79 Å². The Bertz CT molecular complexity index is 460. The molecule has 0 bridgehead atoms. The van der Waals surface area contributed by atoms with Crippen molar-refractivity contribution in [2.45, 2.75) is 13.3 Å². The molecule has 0 aliphatic carbocycles. The monoisotopic (exact) mass is 261 g/mol. The third-order valence-electron chi connectivity index (χ3n) is 2.83. The summed E-state index contributed by atoms with van der Waals surface area (Å²) in [6, 6.07) is 1.83. The van der Waals surface area contributed by atoms with Gasteiger partial charge in [-0.25, -0.2) is 0 Å². The first-order valence-corrected chi connectivity index (χ1v) is 6.53. The number of carbonyl (C=O) groups excluding carboxylic acids is 1. The Morgan fingerprint density at radius 1 is 1.53 bits per heavy atom. The second-order valence-corrected chi connectivity index (χ2v) is 4.30. The number of carbonyl (C=O) groups is 1. The minimum absolute atomic E-state index is 0.199. The molecule has 0 aromatic carbocycles. The third-order valence-corrected chi connectivity index (χ3v) is 2.83. The molecule has 19 heavy (non-hydrogen) atoms. The van der Waals surface area contributed by atoms with E-state index in [9.17, 15) is 4.79 Å². The van der Waals surface area contributed by atoms with Crippen LogP contribution in [0.5, 0.6) is 5.75 Å². The summed E-state index contributed by atoms with van der Waals surface area (Å²) in [5.74, 6) is 0.956. The first kappa shape index (κ1) is 13.5. The van der Waals surface area contributed by atoms with Gasteiger partial charge in [-0.1, -0.05) is 13.0 Å². The van der Waals surface area contributed by atoms with E-state index >= 15 is 0 Å². The molecule has 0 spiro atoms. The summed E-state index contributed by atoms with van der Waals surface area (Å²) in [7, 11) is 0. The van der Waals surface area contributed by atoms with Crippen LogP contribution in [0.4, 0.5) is 5.69 Å². The number of allylic oxidation sites excluding steroid dienone is 1. The number of rotatable bonds is 6. The van der Waals surface area contributed by atoms with Crippen LogP contribution < -0.4 is 15.0 Å². The molecule has 2 heterocycles. The van der Waals surface area contributed by atoms with Gasteiger partial charge >= 0.3 is 0 Å². The van der Waals surface area contributed by atoms with Crippen LogP contribution in [0.3, 0.4) is 0 Å². The van der Waals surface area contributed by atoms with Crippen molar-refractivity contribution >= 4 is 11.5 Å². The lowest BCUT2D eigenvalue weighted by molar-refractivity contribution is -0.117. The quantitative estimate of drug-likeness (QED) is 0.784. The number of pyridine rings is 1. The number of anilines is 1. The molecular formula is C14H19N3O2. The van der Waals surface area contributed by atoms with Crippen molar-refractivity contribution in [3.05, 3.63) is 30.7 Å². The molecule has 1 aliphatic heterocycles. The summed E-state index contributed by atoms with van der Waals surface area (Å²) in [5.41, 5.74) is 0.836. The van der Waals surface area contributed by atoms with E-state index in [1.54, 1.807) is 12.4 Å². The van der Waals surface area contributed by atoms with Gasteiger partial charge in [-0.2, -0.15) is 0 Å². The topological polar surface area (TPSA) is 54.5 Å². The molecule has 1 N–H and O–H groups in total. The van der Waals surface area contributed by atoms with Crippen LogP contribution in [0, 0.1) is 0 Å². The summed E-state index contributed by atoms with van der Waals surface area (Å²) in [4.78, 5) is 17.5. The van der Waals surface area contributed by atoms with Crippen LogP contribution >= 0.6 is 0 Å². The van der Waals surface area contributed by atoms with Gasteiger partial charge in [0.15, 0.2) is 5.78 Å². The van der Waals surface area contributed by atoms with E-state index in [2.05, 4.69) is 17.2 Å². The number of nitrogens with one attached hydrogen (secondary N) is 1. The number of ketones is 1. The fourth-order valence-corrected chi connectivity index (χ4v) is 1.91. The standard InChI is InChI=1S/C14H19N3O2/c1-2-15-7-9-19-14-5-6-16-10-13(14)17-8-3-4-12(18)11-17/h3,5-6,8,10,15H,2,4,7,9,11H2,1H3. The zero-order valence-electron chi connectivity index (χ0n) is 11.1. The molecule has 0 atom stereocenters. The van der Waals surface area contributed by atoms with Crippen LogP contribution in [0.15, 0.2) is 30.7 Å². The van der Waals surface area contributed by atoms with Crippen molar-refractivity contribution in [2.24, 2.45) is 0 Å². The number of aromatic nitrogens is 1. The van der Waals surface area contributed by atoms with Gasteiger partial charge in [-0.15, -0.1) is 0 Å². The molecular weight excluding hydrogens is 242 g/mol. The Kier molecular flexibility index (Phi) is 4.92. The predicted octanol–water partition coefficient (Wildman–Crippen LogP) is 1.36. The lowest BCUT2D eigenvalue weighted by Gasteiger charge is -2.24. The molecule has 0 unspecified atom stereocenters. The second-order valence-electron chi connectivity index (χ2n) is 4.30. The lowest BCUT2D eigenvalue weighted by atomic mass is 10.2. The van der Waals surface area contributed by atoms with Crippen molar-refractivity contribution in [1.29, 1.82) is 0 Å². The molecule has 1 aliphatic rings. The largest absolute Gasteiger partial charge is 0.490 e. The van der Waals surface area contributed by atoms with Gasteiger partial charge in [0.05, 0.1) is 12.7 Å². The summed E-state index contributed by atoms with van der Waals surface area (Å²) in [6.07, 6.45) is 7.71. The highest BCUT2D eigenvalue weighted by atomic mass is 16.5. The first-order chi connectivity index (χ1) is 9.31. The summed E-state index contributed by atoms with van der Waals surface area (Å²) in [6.45, 7) is 4.76. The van der Waals surface area contributed by atoms with Crippen molar-refractivity contribution in [3.8, 4) is 5.75 Å². The molecule has 0 radical (unpaired) electrons. The number of likely N-dealkylation sites (N-methyl/N-ethyl adjacent to an activating group) is 1. The molecule has 102 valence electrons. The Morgan fingerprint density at radius 2 is 2.42 bits per heavy atom. The highest BCUT2D eigenvalue weighted by Gasteiger charge is 2.16. The van der Waals surface area contributed by atoms with E-state index in [4.69, 9.17) is 4.74 Å². The van der Waals surface area contributed by atoms with Crippen molar-refractivity contribution in [2.75, 3.05) is 31.1 Å². The van der Waals surface area contributed by atoms with E-state index in [1.165, 1.54) is 0 Å². The molecule has 5 heteroatoms. The fourth-order valence-electron chi connectivity index (χ4n) is 1.91. The highest BCUT2D eigenvalue weighted by Crippen LogP contribution is 2.28. The Labute approximate surface area is 113 Å². The maximum atomic E-state index is 11.5. The Morgan fingerprint density at radius 3 is 3.21 bits per heavy atom. The van der Waals surface area contributed by atoms with Gasteiger partial charge in [0, 0.05) is 31.4 Å². The van der Waals surface area contributed by atoms with Gasteiger partial charge in [-0.05, 0) is 6.54 Å². The number of hydrogen-bond acceptors (Lipinski definition) is 5. The highest BCUT2D eigenvalue weighted by molar-refractivity contribution is 5.87. The molecule has 1 aromatic heterocycles. The van der Waals surface area contributed by atoms with E-state index in [-0.39, 0.29) is 5.78 Å². The third kappa shape index (κ3) is 3.79. The van der Waals surface area contributed by atoms with Crippen molar-refractivity contribution in [3.63, 3.8) is 0 Å². The number of Topliss-reactive ketones (excluding diaryl/α,β-unsaturated/α-hetero) is 1. The van der Waals surface area contributed by atoms with E-state index in [0.29, 0.717) is 19.6 Å². The lowest BCUT2D eigenvalue weighted by Crippen LogP contribution is -2.28. The van der Waals surface area contributed by atoms with Crippen molar-refractivity contribution < 1.29 is 9.53 Å². The normalized spacial score (nSPS) is 14.8. The summed E-state index contributed by atoms with van der Waals surface area (Å²) in [5, 5.41) is 3.20. The van der Waals surface area contributed by atoms with Crippen LogP contribution in [0.1, 0.15) is 13.3 Å². The average Bonchev–Trinajstić information content (AvgIpc) is 2.44. The molecule has 0 amide bonds. The number of hydrogen-bond donors (Lipinski definition) is 1. The number of nitrogens with zero attached hydrogens (tertiary/aromatic N) is 2. The van der Waals surface area contributed by atoms with Gasteiger partial charge in [-0.3, -0.25) is 9.78 Å². The molecule has 0 fully saturated rings. The SMILES string of the molecule is CCNCCOc1ccncc1N1C=CCC(=O)C1. The predicted molar refractivity (Wildman–Crippen MR) is 74.4 cm³/mol. The Hall–Kier alpha value is -1.88. The molecule has 0 saturated heterocycles. The molecule has 1 aromatic rings. The van der Waals surface area contributed by atoms with E-state index in [0.717, 1.165) is 24.5 Å².